The number of aryl methyl sites for hydroxylation is 2. The van der Waals surface area contributed by atoms with Crippen molar-refractivity contribution in [3.05, 3.63) is 24.5 Å². The van der Waals surface area contributed by atoms with Crippen LogP contribution in [0.5, 0.6) is 0 Å². The van der Waals surface area contributed by atoms with Crippen molar-refractivity contribution in [3.8, 4) is 0 Å². The van der Waals surface area contributed by atoms with Crippen LogP contribution in [-0.2, 0) is 28.4 Å². The van der Waals surface area contributed by atoms with Crippen LogP contribution in [0.4, 0.5) is 5.82 Å². The molecule has 0 unspecified atom stereocenters. The summed E-state index contributed by atoms with van der Waals surface area (Å²) in [5, 5.41) is 8.07. The third kappa shape index (κ3) is 2.94. The van der Waals surface area contributed by atoms with Gasteiger partial charge in [0.2, 0.25) is 5.91 Å². The Morgan fingerprint density at radius 3 is 2.71 bits per heavy atom. The minimum absolute atomic E-state index is 0.0334. The lowest BCUT2D eigenvalue weighted by Gasteiger charge is -2.32. The van der Waals surface area contributed by atoms with Gasteiger partial charge in [-0.2, -0.15) is 14.9 Å². The van der Waals surface area contributed by atoms with E-state index in [0.29, 0.717) is 31.7 Å². The first-order chi connectivity index (χ1) is 11.4. The average molecular weight is 352 g/mol. The minimum atomic E-state index is -3.81. The molecule has 1 aliphatic heterocycles. The molecule has 0 aromatic carbocycles. The van der Waals surface area contributed by atoms with E-state index in [4.69, 9.17) is 0 Å². The second-order valence-corrected chi connectivity index (χ2v) is 7.27. The molecule has 130 valence electrons. The number of aromatic nitrogens is 4. The number of rotatable bonds is 5. The van der Waals surface area contributed by atoms with Gasteiger partial charge in [-0.25, -0.2) is 13.1 Å². The Morgan fingerprint density at radius 2 is 2.04 bits per heavy atom. The first kappa shape index (κ1) is 16.7. The summed E-state index contributed by atoms with van der Waals surface area (Å²) in [6.45, 7) is 3.12. The summed E-state index contributed by atoms with van der Waals surface area (Å²) in [5.41, 5.74) is 0. The van der Waals surface area contributed by atoms with Crippen LogP contribution in [0.2, 0.25) is 0 Å². The van der Waals surface area contributed by atoms with E-state index in [2.05, 4.69) is 14.9 Å². The Hall–Kier alpha value is -2.20. The van der Waals surface area contributed by atoms with E-state index < -0.39 is 16.1 Å². The quantitative estimate of drug-likeness (QED) is 0.823. The number of amides is 1. The van der Waals surface area contributed by atoms with Gasteiger partial charge in [-0.05, 0) is 25.8 Å². The molecule has 0 bridgehead atoms. The smallest absolute Gasteiger partial charge is 0.258 e. The van der Waals surface area contributed by atoms with Gasteiger partial charge in [-0.1, -0.05) is 0 Å². The molecule has 1 aliphatic rings. The van der Waals surface area contributed by atoms with E-state index in [-0.39, 0.29) is 10.9 Å². The fraction of sp³-hybridized carbons (Fsp3) is 0.500. The third-order valence-corrected chi connectivity index (χ3v) is 5.60. The van der Waals surface area contributed by atoms with Crippen LogP contribution >= 0.6 is 0 Å². The molecule has 1 N–H and O–H groups in total. The first-order valence-electron chi connectivity index (χ1n) is 7.77. The SMILES string of the molecule is CCn1nccc1N1CCC[C@@H](NS(=O)(=O)c2ccnn2C)C1=O. The number of hydrogen-bond donors (Lipinski definition) is 1. The topological polar surface area (TPSA) is 102 Å². The normalized spacial score (nSPS) is 19.0. The molecule has 24 heavy (non-hydrogen) atoms. The van der Waals surface area contributed by atoms with E-state index in [1.807, 2.05) is 6.92 Å². The summed E-state index contributed by atoms with van der Waals surface area (Å²) in [6, 6.07) is 2.37. The molecule has 0 spiro atoms. The van der Waals surface area contributed by atoms with Gasteiger partial charge in [0.1, 0.15) is 11.9 Å². The van der Waals surface area contributed by atoms with Crippen molar-refractivity contribution >= 4 is 21.7 Å². The monoisotopic (exact) mass is 352 g/mol. The van der Waals surface area contributed by atoms with E-state index in [9.17, 15) is 13.2 Å². The Labute approximate surface area is 140 Å². The van der Waals surface area contributed by atoms with Crippen molar-refractivity contribution in [3.63, 3.8) is 0 Å². The highest BCUT2D eigenvalue weighted by molar-refractivity contribution is 7.89. The summed E-state index contributed by atoms with van der Waals surface area (Å²) in [4.78, 5) is 14.4. The molecule has 2 aromatic rings. The van der Waals surface area contributed by atoms with Crippen LogP contribution in [0.15, 0.2) is 29.6 Å². The van der Waals surface area contributed by atoms with Crippen LogP contribution in [0, 0.1) is 0 Å². The van der Waals surface area contributed by atoms with Gasteiger partial charge >= 0.3 is 0 Å². The summed E-state index contributed by atoms with van der Waals surface area (Å²) in [6.07, 6.45) is 4.21. The highest BCUT2D eigenvalue weighted by Gasteiger charge is 2.34. The number of sulfonamides is 1. The molecule has 1 fully saturated rings. The van der Waals surface area contributed by atoms with Crippen molar-refractivity contribution in [2.45, 2.75) is 37.4 Å². The highest BCUT2D eigenvalue weighted by atomic mass is 32.2. The molecule has 9 nitrogen and oxygen atoms in total. The first-order valence-corrected chi connectivity index (χ1v) is 9.26. The molecule has 3 rings (SSSR count). The number of nitrogens with one attached hydrogen (secondary N) is 1. The molecular formula is C14H20N6O3S. The summed E-state index contributed by atoms with van der Waals surface area (Å²) >= 11 is 0. The van der Waals surface area contributed by atoms with Crippen LogP contribution in [0.1, 0.15) is 19.8 Å². The summed E-state index contributed by atoms with van der Waals surface area (Å²) in [7, 11) is -2.26. The number of carbonyl (C=O) groups is 1. The molecule has 1 amide bonds. The lowest BCUT2D eigenvalue weighted by Crippen LogP contribution is -2.53. The van der Waals surface area contributed by atoms with Crippen LogP contribution in [0.25, 0.3) is 0 Å². The highest BCUT2D eigenvalue weighted by Crippen LogP contribution is 2.22. The second-order valence-electron chi connectivity index (χ2n) is 5.60. The zero-order chi connectivity index (χ0) is 17.3. The zero-order valence-electron chi connectivity index (χ0n) is 13.6. The molecule has 2 aromatic heterocycles. The largest absolute Gasteiger partial charge is 0.296 e. The van der Waals surface area contributed by atoms with Crippen molar-refractivity contribution in [2.75, 3.05) is 11.4 Å². The number of hydrogen-bond acceptors (Lipinski definition) is 5. The van der Waals surface area contributed by atoms with Gasteiger partial charge in [0.05, 0.1) is 12.4 Å². The minimum Gasteiger partial charge on any atom is -0.296 e. The Kier molecular flexibility index (Phi) is 4.41. The van der Waals surface area contributed by atoms with Gasteiger partial charge in [0.15, 0.2) is 5.03 Å². The van der Waals surface area contributed by atoms with Crippen LogP contribution < -0.4 is 9.62 Å². The van der Waals surface area contributed by atoms with Gasteiger partial charge in [-0.3, -0.25) is 14.4 Å². The number of carbonyl (C=O) groups excluding carboxylic acids is 1. The summed E-state index contributed by atoms with van der Waals surface area (Å²) in [5.74, 6) is 0.425. The van der Waals surface area contributed by atoms with Gasteiger partial charge in [-0.15, -0.1) is 0 Å². The molecule has 10 heteroatoms. The van der Waals surface area contributed by atoms with Crippen molar-refractivity contribution in [1.82, 2.24) is 24.3 Å². The van der Waals surface area contributed by atoms with Gasteiger partial charge in [0, 0.05) is 26.2 Å². The number of nitrogens with zero attached hydrogens (tertiary/aromatic N) is 5. The maximum absolute atomic E-state index is 12.8. The standard InChI is InChI=1S/C14H20N6O3S/c1-3-20-12(6-8-16-20)19-10-4-5-11(14(19)21)17-24(22,23)13-7-9-15-18(13)2/h6-9,11,17H,3-5,10H2,1-2H3/t11-/m1/s1. The second kappa shape index (κ2) is 6.36. The Balaban J connectivity index is 1.82. The molecule has 0 saturated carbocycles. The zero-order valence-corrected chi connectivity index (χ0v) is 14.4. The van der Waals surface area contributed by atoms with E-state index >= 15 is 0 Å². The Bertz CT molecular complexity index is 840. The van der Waals surface area contributed by atoms with E-state index in [1.54, 1.807) is 28.9 Å². The maximum Gasteiger partial charge on any atom is 0.258 e. The molecule has 1 saturated heterocycles. The van der Waals surface area contributed by atoms with E-state index in [0.717, 1.165) is 0 Å². The van der Waals surface area contributed by atoms with E-state index in [1.165, 1.54) is 16.9 Å². The lowest BCUT2D eigenvalue weighted by atomic mass is 10.1. The summed E-state index contributed by atoms with van der Waals surface area (Å²) < 4.78 is 30.5. The van der Waals surface area contributed by atoms with Crippen LogP contribution in [0.3, 0.4) is 0 Å². The molecule has 3 heterocycles. The predicted octanol–water partition coefficient (Wildman–Crippen LogP) is 0.110. The fourth-order valence-corrected chi connectivity index (χ4v) is 4.23. The average Bonchev–Trinajstić information content (AvgIpc) is 3.18. The molecular weight excluding hydrogens is 332 g/mol. The number of piperidine rings is 1. The third-order valence-electron chi connectivity index (χ3n) is 4.06. The Morgan fingerprint density at radius 1 is 1.29 bits per heavy atom. The van der Waals surface area contributed by atoms with Crippen molar-refractivity contribution in [2.24, 2.45) is 7.05 Å². The van der Waals surface area contributed by atoms with Crippen molar-refractivity contribution in [1.29, 1.82) is 0 Å². The molecule has 0 aliphatic carbocycles. The predicted molar refractivity (Wildman–Crippen MR) is 86.8 cm³/mol. The van der Waals surface area contributed by atoms with Gasteiger partial charge < -0.3 is 0 Å². The lowest BCUT2D eigenvalue weighted by molar-refractivity contribution is -0.121. The van der Waals surface area contributed by atoms with Gasteiger partial charge in [0.25, 0.3) is 10.0 Å². The molecule has 1 atom stereocenters. The van der Waals surface area contributed by atoms with Crippen molar-refractivity contribution < 1.29 is 13.2 Å². The number of anilines is 1. The fourth-order valence-electron chi connectivity index (χ4n) is 2.88. The molecule has 0 radical (unpaired) electrons. The van der Waals surface area contributed by atoms with Crippen LogP contribution in [-0.4, -0.2) is 46.5 Å². The maximum atomic E-state index is 12.8.